The molecule has 0 spiro atoms. The van der Waals surface area contributed by atoms with E-state index in [2.05, 4.69) is 4.74 Å². The van der Waals surface area contributed by atoms with Crippen LogP contribution in [0, 0.1) is 0 Å². The van der Waals surface area contributed by atoms with Gasteiger partial charge in [-0.05, 0) is 12.8 Å². The van der Waals surface area contributed by atoms with E-state index in [0.717, 1.165) is 14.1 Å². The number of hydrogen-bond acceptors (Lipinski definition) is 3. The molecule has 0 bridgehead atoms. The minimum Gasteiger partial charge on any atom is -0.476 e. The second-order valence-electron chi connectivity index (χ2n) is 5.62. The number of halogens is 4. The first-order chi connectivity index (χ1) is 9.36. The Labute approximate surface area is 119 Å². The van der Waals surface area contributed by atoms with Crippen molar-refractivity contribution in [2.75, 3.05) is 27.2 Å². The highest BCUT2D eigenvalue weighted by Crippen LogP contribution is 2.70. The van der Waals surface area contributed by atoms with E-state index >= 15 is 0 Å². The summed E-state index contributed by atoms with van der Waals surface area (Å²) in [7, 11) is 2.07. The smallest absolute Gasteiger partial charge is 0.387 e. The van der Waals surface area contributed by atoms with Crippen LogP contribution in [0.15, 0.2) is 0 Å². The number of quaternary nitrogens is 1. The molecule has 1 aliphatic rings. The monoisotopic (exact) mass is 316 g/mol. The molecule has 0 aromatic carbocycles. The predicted molar refractivity (Wildman–Crippen MR) is 63.1 cm³/mol. The number of carboxylic acids is 1. The van der Waals surface area contributed by atoms with Crippen molar-refractivity contribution in [3.8, 4) is 0 Å². The summed E-state index contributed by atoms with van der Waals surface area (Å²) in [6, 6.07) is 0. The molecule has 0 atom stereocenters. The Morgan fingerprint density at radius 1 is 1.10 bits per heavy atom. The number of unbranched alkanes of at least 4 members (excludes halogenated alkanes) is 1. The van der Waals surface area contributed by atoms with Crippen LogP contribution in [0.1, 0.15) is 19.8 Å². The first-order valence-corrected chi connectivity index (χ1v) is 6.31. The lowest BCUT2D eigenvalue weighted by Gasteiger charge is -2.35. The zero-order chi connectivity index (χ0) is 16.7. The Kier molecular flexibility index (Phi) is 4.30. The van der Waals surface area contributed by atoms with Crippen LogP contribution in [-0.4, -0.2) is 66.2 Å². The van der Waals surface area contributed by atoms with Crippen LogP contribution in [0.3, 0.4) is 0 Å². The van der Waals surface area contributed by atoms with E-state index in [4.69, 9.17) is 5.11 Å². The molecule has 122 valence electrons. The van der Waals surface area contributed by atoms with Crippen LogP contribution >= 0.6 is 0 Å². The summed E-state index contributed by atoms with van der Waals surface area (Å²) in [6.45, 7) is 1.02. The largest absolute Gasteiger partial charge is 0.476 e. The topological polar surface area (TPSA) is 63.6 Å². The molecule has 1 rings (SSSR count). The van der Waals surface area contributed by atoms with E-state index in [0.29, 0.717) is 0 Å². The zero-order valence-electron chi connectivity index (χ0n) is 12.0. The maximum atomic E-state index is 13.4. The number of aliphatic carboxylic acids is 1. The molecular weight excluding hydrogens is 298 g/mol. The molecule has 21 heavy (non-hydrogen) atoms. The second kappa shape index (κ2) is 5.11. The lowest BCUT2D eigenvalue weighted by molar-refractivity contribution is -0.925. The molecule has 1 fully saturated rings. The second-order valence-corrected chi connectivity index (χ2v) is 5.62. The Morgan fingerprint density at radius 2 is 1.57 bits per heavy atom. The van der Waals surface area contributed by atoms with Gasteiger partial charge in [-0.25, -0.2) is 4.79 Å². The van der Waals surface area contributed by atoms with Crippen LogP contribution < -0.4 is 0 Å². The number of alkyl halides is 4. The number of carboxylic acid groups (broad SMARTS) is 1. The van der Waals surface area contributed by atoms with Gasteiger partial charge in [0.25, 0.3) is 0 Å². The van der Waals surface area contributed by atoms with Gasteiger partial charge in [-0.3, -0.25) is 4.79 Å². The molecule has 1 saturated carbocycles. The van der Waals surface area contributed by atoms with Crippen molar-refractivity contribution >= 4 is 11.9 Å². The average Bonchev–Trinajstić information content (AvgIpc) is 2.64. The molecule has 0 aliphatic heterocycles. The van der Waals surface area contributed by atoms with Crippen LogP contribution in [0.25, 0.3) is 0 Å². The number of carbonyl (C=O) groups excluding carboxylic acids is 1. The number of carbonyl (C=O) groups is 2. The van der Waals surface area contributed by atoms with E-state index in [1.807, 2.05) is 0 Å². The number of ether oxygens (including phenoxy) is 1. The summed E-state index contributed by atoms with van der Waals surface area (Å²) in [4.78, 5) is 21.6. The number of hydrogen-bond donors (Lipinski definition) is 1. The molecule has 0 amide bonds. The fourth-order valence-corrected chi connectivity index (χ4v) is 2.68. The minimum atomic E-state index is -4.59. The zero-order valence-corrected chi connectivity index (χ0v) is 12.0. The van der Waals surface area contributed by atoms with Crippen molar-refractivity contribution in [3.05, 3.63) is 0 Å². The highest BCUT2D eigenvalue weighted by Gasteiger charge is 3.08. The van der Waals surface area contributed by atoms with E-state index < -0.39 is 33.8 Å². The molecule has 9 heteroatoms. The highest BCUT2D eigenvalue weighted by molar-refractivity contribution is 5.87. The first-order valence-electron chi connectivity index (χ1n) is 6.31. The van der Waals surface area contributed by atoms with Crippen molar-refractivity contribution in [1.29, 1.82) is 0 Å². The van der Waals surface area contributed by atoms with Gasteiger partial charge in [0.15, 0.2) is 0 Å². The van der Waals surface area contributed by atoms with Crippen LogP contribution in [0.5, 0.6) is 0 Å². The molecule has 1 aliphatic carbocycles. The normalized spacial score (nSPS) is 21.7. The number of nitrogens with zero attached hydrogens (tertiary/aromatic N) is 1. The summed E-state index contributed by atoms with van der Waals surface area (Å²) in [5.74, 6) is -11.9. The van der Waals surface area contributed by atoms with Crippen molar-refractivity contribution < 1.29 is 41.5 Å². The number of likely N-dealkylation sites (N-methyl/N-ethyl adjacent to an activating group) is 1. The SMILES string of the molecule is CC(=O)OCCCC[N+](C)(C)C1(C(=O)O)C(F)(F)C1(F)F. The maximum absolute atomic E-state index is 13.4. The van der Waals surface area contributed by atoms with Gasteiger partial charge in [-0.1, -0.05) is 0 Å². The van der Waals surface area contributed by atoms with Gasteiger partial charge < -0.3 is 14.3 Å². The summed E-state index contributed by atoms with van der Waals surface area (Å²) < 4.78 is 57.3. The van der Waals surface area contributed by atoms with Crippen molar-refractivity contribution in [3.63, 3.8) is 0 Å². The lowest BCUT2D eigenvalue weighted by atomic mass is 10.1. The van der Waals surface area contributed by atoms with Crippen LogP contribution in [0.4, 0.5) is 17.6 Å². The van der Waals surface area contributed by atoms with Gasteiger partial charge in [-0.15, -0.1) is 0 Å². The Hall–Kier alpha value is -1.38. The highest BCUT2D eigenvalue weighted by atomic mass is 19.3. The molecule has 0 radical (unpaired) electrons. The van der Waals surface area contributed by atoms with Gasteiger partial charge in [0.2, 0.25) is 0 Å². The third-order valence-electron chi connectivity index (χ3n) is 3.87. The number of rotatable bonds is 7. The maximum Gasteiger partial charge on any atom is 0.387 e. The van der Waals surface area contributed by atoms with Crippen molar-refractivity contribution in [1.82, 2.24) is 0 Å². The molecular formula is C12H18F4NO4+. The fourth-order valence-electron chi connectivity index (χ4n) is 2.68. The molecule has 0 heterocycles. The van der Waals surface area contributed by atoms with E-state index in [-0.39, 0.29) is 26.0 Å². The van der Waals surface area contributed by atoms with E-state index in [1.54, 1.807) is 0 Å². The molecule has 0 aromatic heterocycles. The third-order valence-corrected chi connectivity index (χ3v) is 3.87. The standard InChI is InChI=1S/C12H17F4NO4/c1-8(18)21-7-5-4-6-17(2,3)10(9(19)20)11(13,14)12(10,15)16/h4-7H2,1-3H3/p+1. The quantitative estimate of drug-likeness (QED) is 0.335. The summed E-state index contributed by atoms with van der Waals surface area (Å²) in [6.07, 6.45) is 0.440. The fraction of sp³-hybridized carbons (Fsp3) is 0.833. The molecule has 0 unspecified atom stereocenters. The Balaban J connectivity index is 2.77. The number of esters is 1. The molecule has 0 saturated heterocycles. The van der Waals surface area contributed by atoms with Gasteiger partial charge in [0, 0.05) is 6.92 Å². The predicted octanol–water partition coefficient (Wildman–Crippen LogP) is 1.51. The first kappa shape index (κ1) is 17.7. The third kappa shape index (κ3) is 2.27. The van der Waals surface area contributed by atoms with E-state index in [9.17, 15) is 27.2 Å². The van der Waals surface area contributed by atoms with E-state index in [1.165, 1.54) is 6.92 Å². The molecule has 0 aromatic rings. The van der Waals surface area contributed by atoms with Gasteiger partial charge >= 0.3 is 29.3 Å². The summed E-state index contributed by atoms with van der Waals surface area (Å²) in [5.41, 5.74) is -3.44. The summed E-state index contributed by atoms with van der Waals surface area (Å²) in [5, 5.41) is 8.94. The minimum absolute atomic E-state index is 0.0300. The lowest BCUT2D eigenvalue weighted by Crippen LogP contribution is -2.60. The van der Waals surface area contributed by atoms with Gasteiger partial charge in [0.05, 0.1) is 27.2 Å². The van der Waals surface area contributed by atoms with Crippen molar-refractivity contribution in [2.24, 2.45) is 0 Å². The average molecular weight is 316 g/mol. The molecule has 5 nitrogen and oxygen atoms in total. The van der Waals surface area contributed by atoms with Gasteiger partial charge in [0.1, 0.15) is 0 Å². The Morgan fingerprint density at radius 3 is 1.90 bits per heavy atom. The van der Waals surface area contributed by atoms with Gasteiger partial charge in [-0.2, -0.15) is 17.6 Å². The van der Waals surface area contributed by atoms with Crippen molar-refractivity contribution in [2.45, 2.75) is 37.1 Å². The molecule has 1 N–H and O–H groups in total. The summed E-state index contributed by atoms with van der Waals surface area (Å²) >= 11 is 0. The van der Waals surface area contributed by atoms with Crippen LogP contribution in [0.2, 0.25) is 0 Å². The van der Waals surface area contributed by atoms with Crippen LogP contribution in [-0.2, 0) is 14.3 Å². The Bertz CT molecular complexity index is 437.